The van der Waals surface area contributed by atoms with Gasteiger partial charge in [0.15, 0.2) is 9.84 Å². The summed E-state index contributed by atoms with van der Waals surface area (Å²) in [5.74, 6) is 0.928. The van der Waals surface area contributed by atoms with Crippen LogP contribution in [0.3, 0.4) is 0 Å². The number of amides is 1. The molecule has 164 valence electrons. The summed E-state index contributed by atoms with van der Waals surface area (Å²) in [5.41, 5.74) is 1.01. The lowest BCUT2D eigenvalue weighted by Gasteiger charge is -2.34. The van der Waals surface area contributed by atoms with Gasteiger partial charge in [-0.1, -0.05) is 32.8 Å². The summed E-state index contributed by atoms with van der Waals surface area (Å²) < 4.78 is 36.1. The summed E-state index contributed by atoms with van der Waals surface area (Å²) in [6.07, 6.45) is 3.09. The van der Waals surface area contributed by atoms with E-state index in [9.17, 15) is 13.2 Å². The second-order valence-corrected chi connectivity index (χ2v) is 10.3. The Bertz CT molecular complexity index is 999. The van der Waals surface area contributed by atoms with Crippen LogP contribution in [-0.4, -0.2) is 38.2 Å². The van der Waals surface area contributed by atoms with Gasteiger partial charge in [-0.3, -0.25) is 4.79 Å². The van der Waals surface area contributed by atoms with Crippen molar-refractivity contribution in [3.05, 3.63) is 35.7 Å². The Labute approximate surface area is 178 Å². The highest BCUT2D eigenvalue weighted by Gasteiger charge is 2.30. The van der Waals surface area contributed by atoms with Crippen molar-refractivity contribution in [1.29, 1.82) is 0 Å². The van der Waals surface area contributed by atoms with Crippen LogP contribution in [0.1, 0.15) is 44.6 Å². The van der Waals surface area contributed by atoms with E-state index in [1.54, 1.807) is 26.2 Å². The van der Waals surface area contributed by atoms with Crippen molar-refractivity contribution in [3.63, 3.8) is 0 Å². The number of hydrogen-bond donors (Lipinski definition) is 1. The molecule has 1 N–H and O–H groups in total. The van der Waals surface area contributed by atoms with Gasteiger partial charge in [-0.2, -0.15) is 0 Å². The molecular formula is C22H30N2O5S. The molecule has 0 radical (unpaired) electrons. The van der Waals surface area contributed by atoms with Crippen LogP contribution in [0.4, 0.5) is 0 Å². The first-order valence-electron chi connectivity index (χ1n) is 10.3. The van der Waals surface area contributed by atoms with E-state index in [1.807, 2.05) is 12.1 Å². The average molecular weight is 435 g/mol. The van der Waals surface area contributed by atoms with E-state index in [0.29, 0.717) is 40.5 Å². The molecule has 1 aromatic carbocycles. The summed E-state index contributed by atoms with van der Waals surface area (Å²) in [4.78, 5) is 16.8. The normalized spacial score (nSPS) is 21.9. The third-order valence-electron chi connectivity index (χ3n) is 5.97. The topological polar surface area (TPSA) is 98.5 Å². The lowest BCUT2D eigenvalue weighted by atomic mass is 9.78. The average Bonchev–Trinajstić information content (AvgIpc) is 3.04. The van der Waals surface area contributed by atoms with Gasteiger partial charge in [0.2, 0.25) is 11.8 Å². The number of carbonyl (C=O) groups excluding carboxylic acids is 1. The summed E-state index contributed by atoms with van der Waals surface area (Å²) in [6, 6.07) is 7.22. The Kier molecular flexibility index (Phi) is 6.85. The molecule has 0 aliphatic heterocycles. The molecule has 1 heterocycles. The summed E-state index contributed by atoms with van der Waals surface area (Å²) >= 11 is 0. The van der Waals surface area contributed by atoms with Crippen molar-refractivity contribution in [2.45, 2.75) is 51.8 Å². The van der Waals surface area contributed by atoms with Gasteiger partial charge < -0.3 is 14.5 Å². The maximum atomic E-state index is 12.6. The maximum Gasteiger partial charge on any atom is 0.235 e. The monoisotopic (exact) mass is 434 g/mol. The fraction of sp³-hybridized carbons (Fsp3) is 0.545. The van der Waals surface area contributed by atoms with Crippen LogP contribution in [0.15, 0.2) is 28.7 Å². The molecular weight excluding hydrogens is 404 g/mol. The minimum absolute atomic E-state index is 0.0323. The maximum absolute atomic E-state index is 12.6. The van der Waals surface area contributed by atoms with Crippen molar-refractivity contribution in [1.82, 2.24) is 10.3 Å². The molecule has 2 aromatic rings. The fourth-order valence-corrected chi connectivity index (χ4v) is 5.20. The number of rotatable bonds is 7. The largest absolute Gasteiger partial charge is 0.497 e. The standard InChI is InChI=1S/C22H30N2O5S/c1-14-7-5-10-19(15(14)2)23-21(25)13-30(26,27)12-20-16(3)29-22(24-20)17-8-6-9-18(11-17)28-4/h6,8-9,11,14-15,19H,5,7,10,12-13H2,1-4H3,(H,23,25)/t14-,15+,19-/m1/s1. The first-order chi connectivity index (χ1) is 14.2. The molecule has 8 heteroatoms. The highest BCUT2D eigenvalue weighted by molar-refractivity contribution is 7.91. The Balaban J connectivity index is 1.66. The number of aromatic nitrogens is 1. The second kappa shape index (κ2) is 9.20. The number of nitrogens with zero attached hydrogens (tertiary/aromatic N) is 1. The molecule has 3 rings (SSSR count). The Morgan fingerprint density at radius 3 is 2.80 bits per heavy atom. The van der Waals surface area contributed by atoms with E-state index in [-0.39, 0.29) is 11.8 Å². The van der Waals surface area contributed by atoms with Gasteiger partial charge in [-0.15, -0.1) is 0 Å². The van der Waals surface area contributed by atoms with Crippen molar-refractivity contribution in [2.75, 3.05) is 12.9 Å². The lowest BCUT2D eigenvalue weighted by molar-refractivity contribution is -0.120. The molecule has 1 aromatic heterocycles. The Morgan fingerprint density at radius 1 is 1.30 bits per heavy atom. The van der Waals surface area contributed by atoms with Crippen LogP contribution >= 0.6 is 0 Å². The summed E-state index contributed by atoms with van der Waals surface area (Å²) in [6.45, 7) is 5.96. The number of methoxy groups -OCH3 is 1. The first-order valence-corrected chi connectivity index (χ1v) is 12.1. The molecule has 1 aliphatic rings. The van der Waals surface area contributed by atoms with Gasteiger partial charge >= 0.3 is 0 Å². The molecule has 1 aliphatic carbocycles. The molecule has 3 atom stereocenters. The van der Waals surface area contributed by atoms with Crippen molar-refractivity contribution >= 4 is 15.7 Å². The number of sulfone groups is 1. The molecule has 1 saturated carbocycles. The number of hydrogen-bond acceptors (Lipinski definition) is 6. The van der Waals surface area contributed by atoms with E-state index in [2.05, 4.69) is 24.1 Å². The van der Waals surface area contributed by atoms with Gasteiger partial charge in [0, 0.05) is 11.6 Å². The molecule has 1 fully saturated rings. The van der Waals surface area contributed by atoms with Crippen LogP contribution < -0.4 is 10.1 Å². The van der Waals surface area contributed by atoms with E-state index in [0.717, 1.165) is 19.3 Å². The predicted molar refractivity (Wildman–Crippen MR) is 115 cm³/mol. The van der Waals surface area contributed by atoms with Gasteiger partial charge in [-0.25, -0.2) is 13.4 Å². The minimum atomic E-state index is -3.68. The molecule has 1 amide bonds. The highest BCUT2D eigenvalue weighted by Crippen LogP contribution is 2.29. The molecule has 0 spiro atoms. The van der Waals surface area contributed by atoms with Crippen LogP contribution in [0.25, 0.3) is 11.5 Å². The van der Waals surface area contributed by atoms with Crippen LogP contribution in [0.5, 0.6) is 5.75 Å². The third-order valence-corrected chi connectivity index (χ3v) is 7.39. The zero-order chi connectivity index (χ0) is 21.9. The number of aryl methyl sites for hydroxylation is 1. The molecule has 0 unspecified atom stereocenters. The van der Waals surface area contributed by atoms with E-state index < -0.39 is 21.5 Å². The Hall–Kier alpha value is -2.35. The SMILES string of the molecule is COc1cccc(-c2nc(CS(=O)(=O)CC(=O)N[C@@H]3CCC[C@@H](C)[C@@H]3C)c(C)o2)c1. The van der Waals surface area contributed by atoms with Crippen molar-refractivity contribution < 1.29 is 22.4 Å². The number of benzene rings is 1. The zero-order valence-electron chi connectivity index (χ0n) is 18.0. The smallest absolute Gasteiger partial charge is 0.235 e. The predicted octanol–water partition coefficient (Wildman–Crippen LogP) is 3.51. The number of carbonyl (C=O) groups is 1. The minimum Gasteiger partial charge on any atom is -0.497 e. The lowest BCUT2D eigenvalue weighted by Crippen LogP contribution is -2.45. The van der Waals surface area contributed by atoms with Gasteiger partial charge in [0.05, 0.1) is 18.6 Å². The third kappa shape index (κ3) is 5.41. The second-order valence-electron chi connectivity index (χ2n) is 8.23. The van der Waals surface area contributed by atoms with Crippen molar-refractivity contribution in [3.8, 4) is 17.2 Å². The quantitative estimate of drug-likeness (QED) is 0.716. The molecule has 0 saturated heterocycles. The first kappa shape index (κ1) is 22.3. The highest BCUT2D eigenvalue weighted by atomic mass is 32.2. The number of oxazole rings is 1. The van der Waals surface area contributed by atoms with Crippen molar-refractivity contribution in [2.24, 2.45) is 11.8 Å². The zero-order valence-corrected chi connectivity index (χ0v) is 18.8. The number of nitrogens with one attached hydrogen (secondary N) is 1. The van der Waals surface area contributed by atoms with E-state index in [1.165, 1.54) is 0 Å². The summed E-state index contributed by atoms with van der Waals surface area (Å²) in [7, 11) is -2.11. The van der Waals surface area contributed by atoms with Crippen LogP contribution in [-0.2, 0) is 20.4 Å². The fourth-order valence-electron chi connectivity index (χ4n) is 3.93. The van der Waals surface area contributed by atoms with Crippen LogP contribution in [0, 0.1) is 18.8 Å². The van der Waals surface area contributed by atoms with Gasteiger partial charge in [-0.05, 0) is 43.4 Å². The van der Waals surface area contributed by atoms with Gasteiger partial charge in [0.25, 0.3) is 0 Å². The van der Waals surface area contributed by atoms with E-state index in [4.69, 9.17) is 9.15 Å². The molecule has 30 heavy (non-hydrogen) atoms. The van der Waals surface area contributed by atoms with Gasteiger partial charge in [0.1, 0.15) is 17.3 Å². The summed E-state index contributed by atoms with van der Waals surface area (Å²) in [5, 5.41) is 2.92. The molecule has 7 nitrogen and oxygen atoms in total. The molecule has 0 bridgehead atoms. The van der Waals surface area contributed by atoms with Crippen LogP contribution in [0.2, 0.25) is 0 Å². The van der Waals surface area contributed by atoms with E-state index >= 15 is 0 Å². The number of ether oxygens (including phenoxy) is 1. The Morgan fingerprint density at radius 2 is 2.07 bits per heavy atom.